The van der Waals surface area contributed by atoms with Crippen LogP contribution in [0.15, 0.2) is 42.5 Å². The summed E-state index contributed by atoms with van der Waals surface area (Å²) in [4.78, 5) is 11.2. The number of benzene rings is 2. The van der Waals surface area contributed by atoms with E-state index in [9.17, 15) is 9.18 Å². The minimum Gasteiger partial charge on any atom is -0.366 e. The number of hydrogen-bond acceptors (Lipinski definition) is 3. The summed E-state index contributed by atoms with van der Waals surface area (Å²) in [6, 6.07) is 13.4. The molecule has 0 unspecified atom stereocenters. The maximum atomic E-state index is 14.0. The van der Waals surface area contributed by atoms with Crippen molar-refractivity contribution in [3.05, 3.63) is 76.4 Å². The molecule has 26 heavy (non-hydrogen) atoms. The van der Waals surface area contributed by atoms with Crippen LogP contribution in [0.25, 0.3) is 11.1 Å². The Morgan fingerprint density at radius 3 is 2.50 bits per heavy atom. The van der Waals surface area contributed by atoms with Gasteiger partial charge in [-0.3, -0.25) is 9.48 Å². The van der Waals surface area contributed by atoms with Gasteiger partial charge in [-0.1, -0.05) is 18.2 Å². The lowest BCUT2D eigenvalue weighted by molar-refractivity contribution is 0.100. The van der Waals surface area contributed by atoms with Crippen molar-refractivity contribution in [1.82, 2.24) is 9.78 Å². The van der Waals surface area contributed by atoms with E-state index >= 15 is 0 Å². The number of rotatable bonds is 4. The highest BCUT2D eigenvalue weighted by Crippen LogP contribution is 2.28. The Hall–Kier alpha value is -3.46. The molecule has 0 atom stereocenters. The molecule has 5 nitrogen and oxygen atoms in total. The normalized spacial score (nSPS) is 10.5. The lowest BCUT2D eigenvalue weighted by atomic mass is 10.0. The molecular weight excluding hydrogens is 331 g/mol. The SMILES string of the molecule is Cc1nn(Cc2ccc(C(N)=O)cc2)c(C)c1-c1ccc(C#N)c(F)c1. The van der Waals surface area contributed by atoms with Crippen LogP contribution in [-0.2, 0) is 6.54 Å². The van der Waals surface area contributed by atoms with Gasteiger partial charge in [-0.25, -0.2) is 4.39 Å². The monoisotopic (exact) mass is 348 g/mol. The molecule has 3 aromatic rings. The minimum atomic E-state index is -0.543. The number of carbonyl (C=O) groups excluding carboxylic acids is 1. The summed E-state index contributed by atoms with van der Waals surface area (Å²) in [6.07, 6.45) is 0. The Balaban J connectivity index is 1.94. The van der Waals surface area contributed by atoms with Gasteiger partial charge < -0.3 is 5.73 Å². The molecule has 0 radical (unpaired) electrons. The predicted octanol–water partition coefficient (Wildman–Crippen LogP) is 3.32. The molecule has 0 aliphatic heterocycles. The average Bonchev–Trinajstić information content (AvgIpc) is 2.89. The molecule has 3 rings (SSSR count). The molecule has 0 bridgehead atoms. The van der Waals surface area contributed by atoms with Crippen molar-refractivity contribution in [3.8, 4) is 17.2 Å². The molecule has 2 aromatic carbocycles. The van der Waals surface area contributed by atoms with Gasteiger partial charge >= 0.3 is 0 Å². The summed E-state index contributed by atoms with van der Waals surface area (Å²) < 4.78 is 15.8. The first-order chi connectivity index (χ1) is 12.4. The Labute approximate surface area is 150 Å². The summed E-state index contributed by atoms with van der Waals surface area (Å²) in [5, 5.41) is 13.4. The van der Waals surface area contributed by atoms with E-state index < -0.39 is 11.7 Å². The van der Waals surface area contributed by atoms with Crippen LogP contribution in [0.1, 0.15) is 32.9 Å². The molecule has 1 heterocycles. The van der Waals surface area contributed by atoms with Crippen molar-refractivity contribution in [2.45, 2.75) is 20.4 Å². The minimum absolute atomic E-state index is 0.0194. The maximum Gasteiger partial charge on any atom is 0.248 e. The summed E-state index contributed by atoms with van der Waals surface area (Å²) in [6.45, 7) is 4.30. The largest absolute Gasteiger partial charge is 0.366 e. The van der Waals surface area contributed by atoms with Crippen LogP contribution < -0.4 is 5.73 Å². The van der Waals surface area contributed by atoms with Gasteiger partial charge in [0.2, 0.25) is 5.91 Å². The van der Waals surface area contributed by atoms with E-state index in [2.05, 4.69) is 5.10 Å². The van der Waals surface area contributed by atoms with Crippen LogP contribution in [0.5, 0.6) is 0 Å². The molecule has 6 heteroatoms. The standard InChI is InChI=1S/C20H17FN4O/c1-12-19(16-7-8-17(10-22)18(21)9-16)13(2)25(24-12)11-14-3-5-15(6-4-14)20(23)26/h3-9H,11H2,1-2H3,(H2,23,26). The van der Waals surface area contributed by atoms with Crippen LogP contribution in [0.3, 0.4) is 0 Å². The summed E-state index contributed by atoms with van der Waals surface area (Å²) >= 11 is 0. The van der Waals surface area contributed by atoms with Gasteiger partial charge in [-0.15, -0.1) is 0 Å². The third-order valence-corrected chi connectivity index (χ3v) is 4.33. The number of aryl methyl sites for hydroxylation is 1. The zero-order valence-electron chi connectivity index (χ0n) is 14.5. The number of primary amides is 1. The molecular formula is C20H17FN4O. The van der Waals surface area contributed by atoms with Crippen molar-refractivity contribution in [1.29, 1.82) is 5.26 Å². The van der Waals surface area contributed by atoms with Crippen molar-refractivity contribution >= 4 is 5.91 Å². The second-order valence-electron chi connectivity index (χ2n) is 6.07. The van der Waals surface area contributed by atoms with Gasteiger partial charge in [0.15, 0.2) is 0 Å². The number of hydrogen-bond donors (Lipinski definition) is 1. The van der Waals surface area contributed by atoms with E-state index in [1.54, 1.807) is 18.2 Å². The lowest BCUT2D eigenvalue weighted by Gasteiger charge is -2.07. The van der Waals surface area contributed by atoms with Crippen molar-refractivity contribution in [2.24, 2.45) is 5.73 Å². The van der Waals surface area contributed by atoms with E-state index in [1.165, 1.54) is 12.1 Å². The Bertz CT molecular complexity index is 1030. The zero-order valence-corrected chi connectivity index (χ0v) is 14.5. The molecule has 0 aliphatic carbocycles. The molecule has 130 valence electrons. The zero-order chi connectivity index (χ0) is 18.8. The smallest absolute Gasteiger partial charge is 0.248 e. The fourth-order valence-electron chi connectivity index (χ4n) is 2.98. The van der Waals surface area contributed by atoms with Crippen LogP contribution in [-0.4, -0.2) is 15.7 Å². The number of aromatic nitrogens is 2. The first-order valence-corrected chi connectivity index (χ1v) is 8.03. The Morgan fingerprint density at radius 1 is 1.23 bits per heavy atom. The Kier molecular flexibility index (Phi) is 4.55. The number of nitrogens with zero attached hydrogens (tertiary/aromatic N) is 3. The molecule has 0 saturated heterocycles. The van der Waals surface area contributed by atoms with Gasteiger partial charge in [0, 0.05) is 16.8 Å². The lowest BCUT2D eigenvalue weighted by Crippen LogP contribution is -2.11. The molecule has 1 amide bonds. The van der Waals surface area contributed by atoms with Crippen molar-refractivity contribution in [3.63, 3.8) is 0 Å². The van der Waals surface area contributed by atoms with Gasteiger partial charge in [0.05, 0.1) is 17.8 Å². The van der Waals surface area contributed by atoms with Crippen molar-refractivity contribution in [2.75, 3.05) is 0 Å². The Morgan fingerprint density at radius 2 is 1.92 bits per heavy atom. The number of carbonyl (C=O) groups is 1. The molecule has 2 N–H and O–H groups in total. The van der Waals surface area contributed by atoms with Crippen LogP contribution in [0.2, 0.25) is 0 Å². The molecule has 0 aliphatic rings. The number of nitrogens with two attached hydrogens (primary N) is 1. The average molecular weight is 348 g/mol. The van der Waals surface area contributed by atoms with Gasteiger partial charge in [-0.05, 0) is 49.2 Å². The summed E-state index contributed by atoms with van der Waals surface area (Å²) in [5.74, 6) is -1.01. The second kappa shape index (κ2) is 6.81. The van der Waals surface area contributed by atoms with Gasteiger partial charge in [0.25, 0.3) is 0 Å². The van der Waals surface area contributed by atoms with E-state index in [0.717, 1.165) is 22.5 Å². The summed E-state index contributed by atoms with van der Waals surface area (Å²) in [7, 11) is 0. The molecule has 1 aromatic heterocycles. The maximum absolute atomic E-state index is 14.0. The van der Waals surface area contributed by atoms with Gasteiger partial charge in [-0.2, -0.15) is 10.4 Å². The highest BCUT2D eigenvalue weighted by molar-refractivity contribution is 5.92. The first kappa shape index (κ1) is 17.4. The number of amides is 1. The second-order valence-corrected chi connectivity index (χ2v) is 6.07. The van der Waals surface area contributed by atoms with Crippen LogP contribution in [0.4, 0.5) is 4.39 Å². The number of halogens is 1. The first-order valence-electron chi connectivity index (χ1n) is 8.03. The van der Waals surface area contributed by atoms with Crippen LogP contribution >= 0.6 is 0 Å². The topological polar surface area (TPSA) is 84.7 Å². The third kappa shape index (κ3) is 3.20. The van der Waals surface area contributed by atoms with Crippen LogP contribution in [0, 0.1) is 31.0 Å². The van der Waals surface area contributed by atoms with E-state index in [1.807, 2.05) is 36.7 Å². The molecule has 0 spiro atoms. The van der Waals surface area contributed by atoms with Crippen molar-refractivity contribution < 1.29 is 9.18 Å². The third-order valence-electron chi connectivity index (χ3n) is 4.33. The fraction of sp³-hybridized carbons (Fsp3) is 0.150. The highest BCUT2D eigenvalue weighted by Gasteiger charge is 2.15. The number of nitriles is 1. The molecule has 0 fully saturated rings. The predicted molar refractivity (Wildman–Crippen MR) is 95.9 cm³/mol. The van der Waals surface area contributed by atoms with E-state index in [4.69, 9.17) is 11.0 Å². The quantitative estimate of drug-likeness (QED) is 0.785. The molecule has 0 saturated carbocycles. The van der Waals surface area contributed by atoms with Gasteiger partial charge in [0.1, 0.15) is 11.9 Å². The van der Waals surface area contributed by atoms with E-state index in [-0.39, 0.29) is 5.56 Å². The van der Waals surface area contributed by atoms with E-state index in [0.29, 0.717) is 17.7 Å². The highest BCUT2D eigenvalue weighted by atomic mass is 19.1. The summed E-state index contributed by atoms with van der Waals surface area (Å²) in [5.41, 5.74) is 9.91. The fourth-order valence-corrected chi connectivity index (χ4v) is 2.98.